The van der Waals surface area contributed by atoms with Gasteiger partial charge in [0.2, 0.25) is 21.8 Å². The van der Waals surface area contributed by atoms with E-state index in [1.54, 1.807) is 12.1 Å². The van der Waals surface area contributed by atoms with Crippen molar-refractivity contribution in [2.24, 2.45) is 0 Å². The topological polar surface area (TPSA) is 86.8 Å². The van der Waals surface area contributed by atoms with Crippen molar-refractivity contribution in [2.75, 3.05) is 23.7 Å². The molecule has 2 amide bonds. The van der Waals surface area contributed by atoms with E-state index >= 15 is 0 Å². The van der Waals surface area contributed by atoms with E-state index in [9.17, 15) is 31.2 Å². The zero-order valence-corrected chi connectivity index (χ0v) is 22.0. The minimum Gasteiger partial charge on any atom is -0.354 e. The van der Waals surface area contributed by atoms with E-state index in [0.717, 1.165) is 29.5 Å². The maximum absolute atomic E-state index is 13.5. The molecule has 0 aliphatic rings. The Hall–Kier alpha value is -2.79. The molecule has 0 bridgehead atoms. The number of aryl methyl sites for hydroxylation is 1. The maximum atomic E-state index is 13.5. The van der Waals surface area contributed by atoms with Gasteiger partial charge >= 0.3 is 6.18 Å². The van der Waals surface area contributed by atoms with E-state index in [-0.39, 0.29) is 11.6 Å². The summed E-state index contributed by atoms with van der Waals surface area (Å²) in [6.45, 7) is 4.71. The molecule has 1 N–H and O–H groups in total. The number of rotatable bonds is 10. The van der Waals surface area contributed by atoms with E-state index in [0.29, 0.717) is 23.3 Å². The summed E-state index contributed by atoms with van der Waals surface area (Å²) in [4.78, 5) is 27.4. The summed E-state index contributed by atoms with van der Waals surface area (Å²) >= 11 is 6.07. The van der Waals surface area contributed by atoms with Crippen LogP contribution in [0, 0.1) is 6.92 Å². The average Bonchev–Trinajstić information content (AvgIpc) is 2.79. The first kappa shape index (κ1) is 29.4. The molecule has 0 saturated heterocycles. The molecule has 12 heteroatoms. The lowest BCUT2D eigenvalue weighted by Gasteiger charge is -2.32. The number of sulfonamides is 1. The van der Waals surface area contributed by atoms with Crippen molar-refractivity contribution < 1.29 is 31.2 Å². The summed E-state index contributed by atoms with van der Waals surface area (Å²) in [5.41, 5.74) is -0.0327. The third-order valence-electron chi connectivity index (χ3n) is 5.54. The van der Waals surface area contributed by atoms with Gasteiger partial charge in [0.05, 0.1) is 22.5 Å². The summed E-state index contributed by atoms with van der Waals surface area (Å²) in [7, 11) is -4.24. The molecule has 36 heavy (non-hydrogen) atoms. The maximum Gasteiger partial charge on any atom is 0.416 e. The van der Waals surface area contributed by atoms with Crippen LogP contribution in [0.3, 0.4) is 0 Å². The highest BCUT2D eigenvalue weighted by molar-refractivity contribution is 7.92. The molecule has 0 aliphatic carbocycles. The second kappa shape index (κ2) is 12.0. The van der Waals surface area contributed by atoms with Crippen molar-refractivity contribution in [1.29, 1.82) is 0 Å². The normalized spacial score (nSPS) is 12.7. The Labute approximate surface area is 214 Å². The van der Waals surface area contributed by atoms with E-state index in [1.165, 1.54) is 11.8 Å². The molecule has 2 rings (SSSR count). The minimum absolute atomic E-state index is 0.0137. The molecule has 0 radical (unpaired) electrons. The number of alkyl halides is 3. The lowest BCUT2D eigenvalue weighted by molar-refractivity contribution is -0.139. The Kier molecular flexibility index (Phi) is 9.78. The highest BCUT2D eigenvalue weighted by atomic mass is 35.5. The predicted molar refractivity (Wildman–Crippen MR) is 133 cm³/mol. The second-order valence-corrected chi connectivity index (χ2v) is 10.7. The SMILES string of the molecule is CCCNC(=O)[C@@H](C)N(Cc1ccccc1C)C(=O)CN(c1cc(C(F)(F)F)ccc1Cl)S(C)(=O)=O. The van der Waals surface area contributed by atoms with Crippen LogP contribution in [0.15, 0.2) is 42.5 Å². The van der Waals surface area contributed by atoms with Crippen molar-refractivity contribution >= 4 is 39.1 Å². The Balaban J connectivity index is 2.50. The molecule has 7 nitrogen and oxygen atoms in total. The molecule has 2 aromatic rings. The molecule has 1 atom stereocenters. The number of benzene rings is 2. The number of carbonyl (C=O) groups excluding carboxylic acids is 2. The van der Waals surface area contributed by atoms with Crippen molar-refractivity contribution in [2.45, 2.75) is 46.0 Å². The Morgan fingerprint density at radius 1 is 1.14 bits per heavy atom. The van der Waals surface area contributed by atoms with E-state index in [4.69, 9.17) is 11.6 Å². The lowest BCUT2D eigenvalue weighted by Crippen LogP contribution is -2.51. The summed E-state index contributed by atoms with van der Waals surface area (Å²) in [6, 6.07) is 8.41. The summed E-state index contributed by atoms with van der Waals surface area (Å²) in [5.74, 6) is -1.22. The first-order chi connectivity index (χ1) is 16.7. The van der Waals surface area contributed by atoms with Gasteiger partial charge in [-0.2, -0.15) is 13.2 Å². The average molecular weight is 548 g/mol. The number of hydrogen-bond acceptors (Lipinski definition) is 4. The quantitative estimate of drug-likeness (QED) is 0.478. The number of amides is 2. The Morgan fingerprint density at radius 3 is 2.33 bits per heavy atom. The van der Waals surface area contributed by atoms with Crippen LogP contribution in [0.1, 0.15) is 37.0 Å². The summed E-state index contributed by atoms with van der Waals surface area (Å²) in [6.07, 6.45) is -3.32. The first-order valence-corrected chi connectivity index (χ1v) is 13.4. The van der Waals surface area contributed by atoms with Gasteiger partial charge in [-0.25, -0.2) is 8.42 Å². The minimum atomic E-state index is -4.75. The van der Waals surface area contributed by atoms with E-state index < -0.39 is 51.9 Å². The van der Waals surface area contributed by atoms with Crippen molar-refractivity contribution in [3.63, 3.8) is 0 Å². The molecule has 0 fully saturated rings. The van der Waals surface area contributed by atoms with Crippen LogP contribution in [-0.2, 0) is 32.3 Å². The molecule has 0 unspecified atom stereocenters. The van der Waals surface area contributed by atoms with Crippen molar-refractivity contribution in [3.05, 3.63) is 64.2 Å². The van der Waals surface area contributed by atoms with Gasteiger partial charge in [-0.3, -0.25) is 13.9 Å². The van der Waals surface area contributed by atoms with Crippen LogP contribution >= 0.6 is 11.6 Å². The zero-order chi connectivity index (χ0) is 27.3. The fraction of sp³-hybridized carbons (Fsp3) is 0.417. The highest BCUT2D eigenvalue weighted by Crippen LogP contribution is 2.36. The number of nitrogens with one attached hydrogen (secondary N) is 1. The zero-order valence-electron chi connectivity index (χ0n) is 20.4. The van der Waals surface area contributed by atoms with Gasteiger partial charge in [0.15, 0.2) is 0 Å². The number of anilines is 1. The monoisotopic (exact) mass is 547 g/mol. The van der Waals surface area contributed by atoms with Crippen molar-refractivity contribution in [3.8, 4) is 0 Å². The Morgan fingerprint density at radius 2 is 1.78 bits per heavy atom. The van der Waals surface area contributed by atoms with Gasteiger partial charge in [0.25, 0.3) is 0 Å². The van der Waals surface area contributed by atoms with Gasteiger partial charge in [0.1, 0.15) is 12.6 Å². The number of nitrogens with zero attached hydrogens (tertiary/aromatic N) is 2. The van der Waals surface area contributed by atoms with Crippen LogP contribution in [0.25, 0.3) is 0 Å². The van der Waals surface area contributed by atoms with Crippen LogP contribution in [-0.4, -0.2) is 50.5 Å². The van der Waals surface area contributed by atoms with Gasteiger partial charge in [0, 0.05) is 13.1 Å². The van der Waals surface area contributed by atoms with Crippen LogP contribution in [0.5, 0.6) is 0 Å². The third kappa shape index (κ3) is 7.60. The highest BCUT2D eigenvalue weighted by Gasteiger charge is 2.34. The van der Waals surface area contributed by atoms with Gasteiger partial charge in [-0.1, -0.05) is 42.8 Å². The van der Waals surface area contributed by atoms with Crippen molar-refractivity contribution in [1.82, 2.24) is 10.2 Å². The van der Waals surface area contributed by atoms with Crippen LogP contribution < -0.4 is 9.62 Å². The lowest BCUT2D eigenvalue weighted by atomic mass is 10.1. The van der Waals surface area contributed by atoms with Crippen LogP contribution in [0.4, 0.5) is 18.9 Å². The van der Waals surface area contributed by atoms with Crippen LogP contribution in [0.2, 0.25) is 5.02 Å². The number of carbonyl (C=O) groups is 2. The molecule has 0 spiro atoms. The molecule has 0 aromatic heterocycles. The molecule has 0 aliphatic heterocycles. The number of hydrogen-bond donors (Lipinski definition) is 1. The standard InChI is InChI=1S/C24H29ClF3N3O4S/c1-5-12-29-23(33)17(3)30(14-18-9-7-6-8-16(18)2)22(32)15-31(36(4,34)35)21-13-19(24(26,27)28)10-11-20(21)25/h6-11,13,17H,5,12,14-15H2,1-4H3,(H,29,33)/t17-/m1/s1. The predicted octanol–water partition coefficient (Wildman–Crippen LogP) is 4.38. The molecular weight excluding hydrogens is 519 g/mol. The summed E-state index contributed by atoms with van der Waals surface area (Å²) in [5, 5.41) is 2.43. The fourth-order valence-electron chi connectivity index (χ4n) is 3.42. The number of halogens is 4. The largest absolute Gasteiger partial charge is 0.416 e. The molecule has 2 aromatic carbocycles. The molecule has 198 valence electrons. The Bertz CT molecular complexity index is 1210. The third-order valence-corrected chi connectivity index (χ3v) is 6.99. The van der Waals surface area contributed by atoms with E-state index in [2.05, 4.69) is 5.32 Å². The summed E-state index contributed by atoms with van der Waals surface area (Å²) < 4.78 is 65.6. The molecule has 0 heterocycles. The fourth-order valence-corrected chi connectivity index (χ4v) is 4.55. The molecular formula is C24H29ClF3N3O4S. The molecule has 0 saturated carbocycles. The van der Waals surface area contributed by atoms with E-state index in [1.807, 2.05) is 26.0 Å². The van der Waals surface area contributed by atoms with Gasteiger partial charge in [-0.15, -0.1) is 0 Å². The van der Waals surface area contributed by atoms with Gasteiger partial charge < -0.3 is 10.2 Å². The smallest absolute Gasteiger partial charge is 0.354 e. The first-order valence-electron chi connectivity index (χ1n) is 11.1. The second-order valence-electron chi connectivity index (χ2n) is 8.35. The van der Waals surface area contributed by atoms with Gasteiger partial charge in [-0.05, 0) is 49.6 Å².